The highest BCUT2D eigenvalue weighted by atomic mass is 32.2. The average molecular weight is 317 g/mol. The summed E-state index contributed by atoms with van der Waals surface area (Å²) >= 11 is 0. The van der Waals surface area contributed by atoms with Gasteiger partial charge in [0.25, 0.3) is 0 Å². The maximum atomic E-state index is 13.9. The molecule has 5 nitrogen and oxygen atoms in total. The van der Waals surface area contributed by atoms with Gasteiger partial charge in [0.2, 0.25) is 10.0 Å². The highest BCUT2D eigenvalue weighted by Gasteiger charge is 2.32. The van der Waals surface area contributed by atoms with E-state index >= 15 is 0 Å². The topological polar surface area (TPSA) is 55.8 Å². The first-order valence-corrected chi connectivity index (χ1v) is 8.26. The predicted octanol–water partition coefficient (Wildman–Crippen LogP) is 1.56. The van der Waals surface area contributed by atoms with Crippen LogP contribution in [-0.2, 0) is 19.5 Å². The maximum Gasteiger partial charge on any atom is 0.246 e. The Kier molecular flexibility index (Phi) is 5.32. The number of methoxy groups -OCH3 is 1. The van der Waals surface area contributed by atoms with Crippen molar-refractivity contribution in [3.8, 4) is 0 Å². The van der Waals surface area contributed by atoms with E-state index in [0.29, 0.717) is 25.2 Å². The summed E-state index contributed by atoms with van der Waals surface area (Å²) in [6.07, 6.45) is 0.390. The van der Waals surface area contributed by atoms with Crippen LogP contribution in [0, 0.1) is 12.7 Å². The molecule has 7 heteroatoms. The Bertz CT molecular complexity index is 591. The zero-order chi connectivity index (χ0) is 15.5. The fourth-order valence-corrected chi connectivity index (χ4v) is 3.79. The SMILES string of the molecule is COCC[C@@H]1CN(S(=O)(=O)c2ccc(C)cc2F)CCO1. The Balaban J connectivity index is 2.18. The third kappa shape index (κ3) is 3.79. The summed E-state index contributed by atoms with van der Waals surface area (Å²) < 4.78 is 50.8. The number of hydrogen-bond acceptors (Lipinski definition) is 4. The Labute approximate surface area is 124 Å². The number of benzene rings is 1. The van der Waals surface area contributed by atoms with Gasteiger partial charge in [0, 0.05) is 26.8 Å². The van der Waals surface area contributed by atoms with E-state index in [2.05, 4.69) is 0 Å². The van der Waals surface area contributed by atoms with Crippen LogP contribution in [0.2, 0.25) is 0 Å². The summed E-state index contributed by atoms with van der Waals surface area (Å²) in [5.41, 5.74) is 0.686. The molecule has 1 aliphatic rings. The average Bonchev–Trinajstić information content (AvgIpc) is 2.45. The summed E-state index contributed by atoms with van der Waals surface area (Å²) in [6.45, 7) is 2.98. The van der Waals surface area contributed by atoms with E-state index in [1.165, 1.54) is 16.4 Å². The number of hydrogen-bond donors (Lipinski definition) is 0. The normalized spacial score (nSPS) is 20.6. The predicted molar refractivity (Wildman–Crippen MR) is 76.1 cm³/mol. The second-order valence-corrected chi connectivity index (χ2v) is 6.98. The van der Waals surface area contributed by atoms with Gasteiger partial charge in [0.15, 0.2) is 0 Å². The molecule has 1 atom stereocenters. The number of nitrogens with zero attached hydrogens (tertiary/aromatic N) is 1. The lowest BCUT2D eigenvalue weighted by atomic mass is 10.2. The molecule has 0 spiro atoms. The van der Waals surface area contributed by atoms with Crippen molar-refractivity contribution in [2.45, 2.75) is 24.3 Å². The molecule has 0 aliphatic carbocycles. The van der Waals surface area contributed by atoms with E-state index in [4.69, 9.17) is 9.47 Å². The monoisotopic (exact) mass is 317 g/mol. The van der Waals surface area contributed by atoms with Gasteiger partial charge < -0.3 is 9.47 Å². The molecule has 0 radical (unpaired) electrons. The van der Waals surface area contributed by atoms with Gasteiger partial charge in [0.05, 0.1) is 12.7 Å². The quantitative estimate of drug-likeness (QED) is 0.827. The Morgan fingerprint density at radius 2 is 2.24 bits per heavy atom. The number of rotatable bonds is 5. The van der Waals surface area contributed by atoms with Crippen LogP contribution >= 0.6 is 0 Å². The standard InChI is InChI=1S/C14H20FNO4S/c1-11-3-4-14(13(15)9-11)21(17,18)16-6-8-20-12(10-16)5-7-19-2/h3-4,9,12H,5-8,10H2,1-2H3/t12-/m1/s1. The minimum Gasteiger partial charge on any atom is -0.385 e. The third-order valence-electron chi connectivity index (χ3n) is 3.45. The van der Waals surface area contributed by atoms with Crippen LogP contribution < -0.4 is 0 Å². The minimum atomic E-state index is -3.83. The van der Waals surface area contributed by atoms with Crippen LogP contribution in [0.1, 0.15) is 12.0 Å². The lowest BCUT2D eigenvalue weighted by Crippen LogP contribution is -2.46. The highest BCUT2D eigenvalue weighted by molar-refractivity contribution is 7.89. The van der Waals surface area contributed by atoms with Crippen molar-refractivity contribution in [2.75, 3.05) is 33.4 Å². The second kappa shape index (κ2) is 6.83. The molecule has 1 aromatic carbocycles. The first-order valence-electron chi connectivity index (χ1n) is 6.82. The van der Waals surface area contributed by atoms with E-state index in [1.807, 2.05) is 0 Å². The number of aryl methyl sites for hydroxylation is 1. The molecule has 0 unspecified atom stereocenters. The molecule has 0 N–H and O–H groups in total. The molecule has 21 heavy (non-hydrogen) atoms. The molecule has 1 fully saturated rings. The number of halogens is 1. The Morgan fingerprint density at radius 3 is 2.90 bits per heavy atom. The van der Waals surface area contributed by atoms with Crippen molar-refractivity contribution in [1.29, 1.82) is 0 Å². The van der Waals surface area contributed by atoms with Crippen LogP contribution in [0.4, 0.5) is 4.39 Å². The van der Waals surface area contributed by atoms with Crippen molar-refractivity contribution in [3.63, 3.8) is 0 Å². The minimum absolute atomic E-state index is 0.220. The van der Waals surface area contributed by atoms with Crippen molar-refractivity contribution in [3.05, 3.63) is 29.6 Å². The van der Waals surface area contributed by atoms with E-state index < -0.39 is 15.8 Å². The molecule has 0 aromatic heterocycles. The van der Waals surface area contributed by atoms with Crippen molar-refractivity contribution in [2.24, 2.45) is 0 Å². The van der Waals surface area contributed by atoms with Crippen molar-refractivity contribution < 1.29 is 22.3 Å². The van der Waals surface area contributed by atoms with E-state index in [-0.39, 0.29) is 24.1 Å². The summed E-state index contributed by atoms with van der Waals surface area (Å²) in [5, 5.41) is 0. The molecule has 1 aliphatic heterocycles. The van der Waals surface area contributed by atoms with Crippen LogP contribution in [-0.4, -0.2) is 52.2 Å². The molecule has 1 aromatic rings. The summed E-state index contributed by atoms with van der Waals surface area (Å²) in [7, 11) is -2.25. The number of sulfonamides is 1. The fraction of sp³-hybridized carbons (Fsp3) is 0.571. The van der Waals surface area contributed by atoms with E-state index in [1.54, 1.807) is 20.1 Å². The molecule has 1 heterocycles. The van der Waals surface area contributed by atoms with Crippen molar-refractivity contribution in [1.82, 2.24) is 4.31 Å². The molecule has 0 amide bonds. The lowest BCUT2D eigenvalue weighted by Gasteiger charge is -2.32. The van der Waals surface area contributed by atoms with Crippen molar-refractivity contribution >= 4 is 10.0 Å². The van der Waals surface area contributed by atoms with Crippen LogP contribution in [0.15, 0.2) is 23.1 Å². The smallest absolute Gasteiger partial charge is 0.246 e. The first kappa shape index (κ1) is 16.4. The molecular weight excluding hydrogens is 297 g/mol. The lowest BCUT2D eigenvalue weighted by molar-refractivity contribution is -0.0168. The Hall–Kier alpha value is -1.02. The van der Waals surface area contributed by atoms with Gasteiger partial charge in [-0.1, -0.05) is 6.07 Å². The summed E-state index contributed by atoms with van der Waals surface area (Å²) in [6, 6.07) is 4.15. The third-order valence-corrected chi connectivity index (χ3v) is 5.35. The summed E-state index contributed by atoms with van der Waals surface area (Å²) in [5.74, 6) is -0.713. The first-order chi connectivity index (χ1) is 9.95. The van der Waals surface area contributed by atoms with Gasteiger partial charge in [-0.2, -0.15) is 4.31 Å². The molecule has 0 saturated carbocycles. The molecule has 118 valence electrons. The largest absolute Gasteiger partial charge is 0.385 e. The molecular formula is C14H20FNO4S. The van der Waals surface area contributed by atoms with Gasteiger partial charge in [-0.25, -0.2) is 12.8 Å². The Morgan fingerprint density at radius 1 is 1.48 bits per heavy atom. The van der Waals surface area contributed by atoms with Crippen LogP contribution in [0.25, 0.3) is 0 Å². The van der Waals surface area contributed by atoms with E-state index in [9.17, 15) is 12.8 Å². The fourth-order valence-electron chi connectivity index (χ4n) is 2.29. The van der Waals surface area contributed by atoms with Gasteiger partial charge in [-0.3, -0.25) is 0 Å². The van der Waals surface area contributed by atoms with Crippen LogP contribution in [0.3, 0.4) is 0 Å². The second-order valence-electron chi connectivity index (χ2n) is 5.07. The van der Waals surface area contributed by atoms with Gasteiger partial charge >= 0.3 is 0 Å². The van der Waals surface area contributed by atoms with Gasteiger partial charge in [-0.05, 0) is 31.0 Å². The molecule has 1 saturated heterocycles. The summed E-state index contributed by atoms with van der Waals surface area (Å²) in [4.78, 5) is -0.277. The maximum absolute atomic E-state index is 13.9. The van der Waals surface area contributed by atoms with Crippen LogP contribution in [0.5, 0.6) is 0 Å². The van der Waals surface area contributed by atoms with E-state index in [0.717, 1.165) is 0 Å². The molecule has 0 bridgehead atoms. The van der Waals surface area contributed by atoms with Gasteiger partial charge in [-0.15, -0.1) is 0 Å². The zero-order valence-electron chi connectivity index (χ0n) is 12.2. The van der Waals surface area contributed by atoms with Gasteiger partial charge in [0.1, 0.15) is 10.7 Å². The number of morpholine rings is 1. The zero-order valence-corrected chi connectivity index (χ0v) is 13.0. The number of ether oxygens (including phenoxy) is 2. The molecule has 2 rings (SSSR count). The highest BCUT2D eigenvalue weighted by Crippen LogP contribution is 2.23.